The van der Waals surface area contributed by atoms with Gasteiger partial charge in [-0.15, -0.1) is 0 Å². The van der Waals surface area contributed by atoms with Crippen LogP contribution < -0.4 is 10.5 Å². The number of likely N-dealkylation sites (N-methyl/N-ethyl adjacent to an activating group) is 1. The minimum absolute atomic E-state index is 0.0323. The first-order valence-electron chi connectivity index (χ1n) is 7.06. The molecule has 0 unspecified atom stereocenters. The standard InChI is InChI=1S/C14H24FN3O2S/c1-4-18(5-2)7-6-17-21(19,20)13-8-11(3)14(15)12(9-13)10-16/h8-9,17H,4-7,10,16H2,1-3H3. The quantitative estimate of drug-likeness (QED) is 0.756. The number of hydrogen-bond acceptors (Lipinski definition) is 4. The molecule has 7 heteroatoms. The highest BCUT2D eigenvalue weighted by Crippen LogP contribution is 2.18. The third kappa shape index (κ3) is 4.74. The molecule has 1 aromatic carbocycles. The molecule has 0 radical (unpaired) electrons. The van der Waals surface area contributed by atoms with Crippen molar-refractivity contribution in [3.05, 3.63) is 29.1 Å². The van der Waals surface area contributed by atoms with Crippen molar-refractivity contribution in [2.24, 2.45) is 5.73 Å². The van der Waals surface area contributed by atoms with Gasteiger partial charge in [0, 0.05) is 25.2 Å². The van der Waals surface area contributed by atoms with Crippen molar-refractivity contribution < 1.29 is 12.8 Å². The van der Waals surface area contributed by atoms with Crippen LogP contribution in [0.25, 0.3) is 0 Å². The van der Waals surface area contributed by atoms with Crippen LogP contribution in [0.4, 0.5) is 4.39 Å². The lowest BCUT2D eigenvalue weighted by molar-refractivity contribution is 0.309. The van der Waals surface area contributed by atoms with E-state index in [-0.39, 0.29) is 22.6 Å². The van der Waals surface area contributed by atoms with E-state index < -0.39 is 15.8 Å². The van der Waals surface area contributed by atoms with E-state index in [9.17, 15) is 12.8 Å². The highest BCUT2D eigenvalue weighted by Gasteiger charge is 2.17. The summed E-state index contributed by atoms with van der Waals surface area (Å²) >= 11 is 0. The Labute approximate surface area is 126 Å². The first kappa shape index (κ1) is 18.0. The maximum absolute atomic E-state index is 13.7. The number of nitrogens with two attached hydrogens (primary N) is 1. The monoisotopic (exact) mass is 317 g/mol. The summed E-state index contributed by atoms with van der Waals surface area (Å²) in [5.74, 6) is -0.445. The van der Waals surface area contributed by atoms with Crippen molar-refractivity contribution in [2.75, 3.05) is 26.2 Å². The highest BCUT2D eigenvalue weighted by atomic mass is 32.2. The molecule has 3 N–H and O–H groups in total. The number of benzene rings is 1. The van der Waals surface area contributed by atoms with Crippen molar-refractivity contribution in [3.63, 3.8) is 0 Å². The average Bonchev–Trinajstić information content (AvgIpc) is 2.46. The second-order valence-corrected chi connectivity index (χ2v) is 6.61. The molecule has 0 bridgehead atoms. The van der Waals surface area contributed by atoms with Crippen LogP contribution >= 0.6 is 0 Å². The van der Waals surface area contributed by atoms with Crippen LogP contribution in [0.1, 0.15) is 25.0 Å². The Kier molecular flexibility index (Phi) is 6.73. The summed E-state index contributed by atoms with van der Waals surface area (Å²) in [5, 5.41) is 0. The summed E-state index contributed by atoms with van der Waals surface area (Å²) in [7, 11) is -3.64. The summed E-state index contributed by atoms with van der Waals surface area (Å²) in [5.41, 5.74) is 5.93. The Hall–Kier alpha value is -1.02. The summed E-state index contributed by atoms with van der Waals surface area (Å²) in [6.45, 7) is 8.23. The molecule has 120 valence electrons. The minimum Gasteiger partial charge on any atom is -0.326 e. The first-order valence-corrected chi connectivity index (χ1v) is 8.55. The van der Waals surface area contributed by atoms with Gasteiger partial charge >= 0.3 is 0 Å². The van der Waals surface area contributed by atoms with Crippen molar-refractivity contribution in [1.82, 2.24) is 9.62 Å². The highest BCUT2D eigenvalue weighted by molar-refractivity contribution is 7.89. The first-order chi connectivity index (χ1) is 9.85. The van der Waals surface area contributed by atoms with Gasteiger partial charge in [0.25, 0.3) is 0 Å². The van der Waals surface area contributed by atoms with Gasteiger partial charge in [-0.05, 0) is 37.7 Å². The smallest absolute Gasteiger partial charge is 0.240 e. The molecule has 0 aliphatic heterocycles. The van der Waals surface area contributed by atoms with Crippen molar-refractivity contribution in [1.29, 1.82) is 0 Å². The molecule has 0 aromatic heterocycles. The number of sulfonamides is 1. The Bertz CT molecular complexity index is 572. The largest absolute Gasteiger partial charge is 0.326 e. The number of nitrogens with one attached hydrogen (secondary N) is 1. The molecule has 0 saturated carbocycles. The predicted molar refractivity (Wildman–Crippen MR) is 82.0 cm³/mol. The topological polar surface area (TPSA) is 75.4 Å². The minimum atomic E-state index is -3.64. The lowest BCUT2D eigenvalue weighted by atomic mass is 10.1. The molecule has 0 aliphatic carbocycles. The lowest BCUT2D eigenvalue weighted by Gasteiger charge is -2.18. The summed E-state index contributed by atoms with van der Waals surface area (Å²) in [4.78, 5) is 2.17. The molecule has 5 nitrogen and oxygen atoms in total. The molecule has 0 saturated heterocycles. The fourth-order valence-electron chi connectivity index (χ4n) is 2.07. The molecule has 0 spiro atoms. The zero-order chi connectivity index (χ0) is 16.0. The van der Waals surface area contributed by atoms with Crippen LogP contribution in [0.15, 0.2) is 17.0 Å². The molecular weight excluding hydrogens is 293 g/mol. The zero-order valence-electron chi connectivity index (χ0n) is 12.8. The van der Waals surface area contributed by atoms with Gasteiger partial charge in [-0.25, -0.2) is 17.5 Å². The van der Waals surface area contributed by atoms with E-state index in [1.807, 2.05) is 13.8 Å². The molecular formula is C14H24FN3O2S. The summed E-state index contributed by atoms with van der Waals surface area (Å²) in [6, 6.07) is 2.62. The van der Waals surface area contributed by atoms with Gasteiger partial charge in [0.05, 0.1) is 4.90 Å². The number of nitrogens with zero attached hydrogens (tertiary/aromatic N) is 1. The van der Waals surface area contributed by atoms with Crippen LogP contribution in [-0.4, -0.2) is 39.5 Å². The third-order valence-corrected chi connectivity index (χ3v) is 4.89. The third-order valence-electron chi connectivity index (χ3n) is 3.45. The van der Waals surface area contributed by atoms with E-state index in [0.29, 0.717) is 13.1 Å². The second-order valence-electron chi connectivity index (χ2n) is 4.84. The molecule has 1 rings (SSSR count). The molecule has 0 heterocycles. The van der Waals surface area contributed by atoms with Crippen molar-refractivity contribution in [2.45, 2.75) is 32.2 Å². The van der Waals surface area contributed by atoms with Crippen LogP contribution in [0.3, 0.4) is 0 Å². The Morgan fingerprint density at radius 2 is 1.90 bits per heavy atom. The normalized spacial score (nSPS) is 12.1. The van der Waals surface area contributed by atoms with E-state index in [2.05, 4.69) is 9.62 Å². The molecule has 0 fully saturated rings. The maximum atomic E-state index is 13.7. The van der Waals surface area contributed by atoms with Crippen LogP contribution in [0.2, 0.25) is 0 Å². The maximum Gasteiger partial charge on any atom is 0.240 e. The summed E-state index contributed by atoms with van der Waals surface area (Å²) in [6.07, 6.45) is 0. The van der Waals surface area contributed by atoms with Crippen LogP contribution in [0.5, 0.6) is 0 Å². The average molecular weight is 317 g/mol. The predicted octanol–water partition coefficient (Wildman–Crippen LogP) is 1.21. The SMILES string of the molecule is CCN(CC)CCNS(=O)(=O)c1cc(C)c(F)c(CN)c1. The number of halogens is 1. The van der Waals surface area contributed by atoms with E-state index in [1.165, 1.54) is 19.1 Å². The van der Waals surface area contributed by atoms with Gasteiger partial charge in [0.1, 0.15) is 5.82 Å². The molecule has 0 amide bonds. The van der Waals surface area contributed by atoms with Gasteiger partial charge in [-0.3, -0.25) is 0 Å². The van der Waals surface area contributed by atoms with E-state index in [1.54, 1.807) is 0 Å². The van der Waals surface area contributed by atoms with Gasteiger partial charge in [-0.1, -0.05) is 13.8 Å². The number of rotatable bonds is 8. The van der Waals surface area contributed by atoms with Gasteiger partial charge in [-0.2, -0.15) is 0 Å². The van der Waals surface area contributed by atoms with Crippen LogP contribution in [0, 0.1) is 12.7 Å². The lowest BCUT2D eigenvalue weighted by Crippen LogP contribution is -2.34. The Morgan fingerprint density at radius 1 is 1.29 bits per heavy atom. The van der Waals surface area contributed by atoms with Gasteiger partial charge in [0.2, 0.25) is 10.0 Å². The molecule has 1 aromatic rings. The fraction of sp³-hybridized carbons (Fsp3) is 0.571. The second kappa shape index (κ2) is 7.84. The van der Waals surface area contributed by atoms with Gasteiger partial charge < -0.3 is 10.6 Å². The molecule has 0 aliphatic rings. The van der Waals surface area contributed by atoms with Crippen molar-refractivity contribution >= 4 is 10.0 Å². The van der Waals surface area contributed by atoms with E-state index >= 15 is 0 Å². The molecule has 21 heavy (non-hydrogen) atoms. The Balaban J connectivity index is 2.86. The van der Waals surface area contributed by atoms with Gasteiger partial charge in [0.15, 0.2) is 0 Å². The Morgan fingerprint density at radius 3 is 2.43 bits per heavy atom. The fourth-order valence-corrected chi connectivity index (χ4v) is 3.23. The van der Waals surface area contributed by atoms with E-state index in [4.69, 9.17) is 5.73 Å². The molecule has 0 atom stereocenters. The number of hydrogen-bond donors (Lipinski definition) is 2. The zero-order valence-corrected chi connectivity index (χ0v) is 13.6. The van der Waals surface area contributed by atoms with E-state index in [0.717, 1.165) is 13.1 Å². The number of aryl methyl sites for hydroxylation is 1. The summed E-state index contributed by atoms with van der Waals surface area (Å²) < 4.78 is 40.7. The van der Waals surface area contributed by atoms with Crippen LogP contribution in [-0.2, 0) is 16.6 Å². The van der Waals surface area contributed by atoms with Crippen molar-refractivity contribution in [3.8, 4) is 0 Å².